The van der Waals surface area contributed by atoms with E-state index in [0.29, 0.717) is 17.8 Å². The molecule has 0 spiro atoms. The lowest BCUT2D eigenvalue weighted by Crippen LogP contribution is -2.46. The summed E-state index contributed by atoms with van der Waals surface area (Å²) in [7, 11) is 0. The van der Waals surface area contributed by atoms with Gasteiger partial charge in [-0.3, -0.25) is 9.59 Å². The number of rotatable bonds is 6. The molecule has 1 amide bonds. The molecule has 2 N–H and O–H groups in total. The van der Waals surface area contributed by atoms with E-state index >= 15 is 0 Å². The first-order valence-corrected chi connectivity index (χ1v) is 8.14. The van der Waals surface area contributed by atoms with Crippen molar-refractivity contribution in [2.75, 3.05) is 11.5 Å². The third-order valence-corrected chi connectivity index (χ3v) is 4.74. The van der Waals surface area contributed by atoms with Crippen LogP contribution in [-0.2, 0) is 9.59 Å². The van der Waals surface area contributed by atoms with Crippen LogP contribution in [0.3, 0.4) is 0 Å². The van der Waals surface area contributed by atoms with Gasteiger partial charge >= 0.3 is 5.97 Å². The minimum atomic E-state index is -0.871. The summed E-state index contributed by atoms with van der Waals surface area (Å²) in [6, 6.07) is 0.252. The fraction of sp³-hybridized carbons (Fsp3) is 0.857. The molecule has 3 atom stereocenters. The summed E-state index contributed by atoms with van der Waals surface area (Å²) in [6.45, 7) is 6.65. The van der Waals surface area contributed by atoms with Crippen LogP contribution in [0.25, 0.3) is 0 Å². The zero-order valence-corrected chi connectivity index (χ0v) is 12.8. The molecule has 0 bridgehead atoms. The summed E-state index contributed by atoms with van der Waals surface area (Å²) in [5, 5.41) is 11.6. The topological polar surface area (TPSA) is 66.4 Å². The summed E-state index contributed by atoms with van der Waals surface area (Å²) < 4.78 is 0. The molecule has 0 heterocycles. The predicted molar refractivity (Wildman–Crippen MR) is 78.2 cm³/mol. The standard InChI is InChI=1S/C14H25NO3S/c1-9(2)11-5-4-10(3)6-12(11)15-13(16)7-19-8-14(17)18/h9-12H,4-8H2,1-3H3,(H,15,16)(H,17,18). The summed E-state index contributed by atoms with van der Waals surface area (Å²) >= 11 is 1.16. The van der Waals surface area contributed by atoms with Crippen LogP contribution >= 0.6 is 11.8 Å². The second kappa shape index (κ2) is 7.78. The molecule has 0 aromatic carbocycles. The Bertz CT molecular complexity index is 320. The highest BCUT2D eigenvalue weighted by molar-refractivity contribution is 8.00. The van der Waals surface area contributed by atoms with Gasteiger partial charge in [-0.15, -0.1) is 11.8 Å². The molecule has 110 valence electrons. The quantitative estimate of drug-likeness (QED) is 0.787. The van der Waals surface area contributed by atoms with E-state index < -0.39 is 5.97 Å². The molecule has 4 nitrogen and oxygen atoms in total. The average Bonchev–Trinajstić information content (AvgIpc) is 2.27. The first-order valence-electron chi connectivity index (χ1n) is 6.99. The Morgan fingerprint density at radius 1 is 1.32 bits per heavy atom. The number of hydrogen-bond acceptors (Lipinski definition) is 3. The highest BCUT2D eigenvalue weighted by atomic mass is 32.2. The lowest BCUT2D eigenvalue weighted by Gasteiger charge is -2.37. The van der Waals surface area contributed by atoms with Crippen LogP contribution in [0.5, 0.6) is 0 Å². The van der Waals surface area contributed by atoms with Crippen molar-refractivity contribution >= 4 is 23.6 Å². The molecule has 0 aliphatic heterocycles. The third-order valence-electron chi connectivity index (χ3n) is 3.83. The fourth-order valence-electron chi connectivity index (χ4n) is 2.85. The first kappa shape index (κ1) is 16.3. The number of aliphatic carboxylic acids is 1. The second-order valence-electron chi connectivity index (χ2n) is 5.89. The third kappa shape index (κ3) is 5.85. The predicted octanol–water partition coefficient (Wildman–Crippen LogP) is 2.38. The molecule has 0 aromatic rings. The molecule has 19 heavy (non-hydrogen) atoms. The van der Waals surface area contributed by atoms with Crippen LogP contribution in [0, 0.1) is 17.8 Å². The molecular formula is C14H25NO3S. The van der Waals surface area contributed by atoms with Crippen molar-refractivity contribution in [2.24, 2.45) is 17.8 Å². The highest BCUT2D eigenvalue weighted by Crippen LogP contribution is 2.33. The van der Waals surface area contributed by atoms with Crippen molar-refractivity contribution < 1.29 is 14.7 Å². The Hall–Kier alpha value is -0.710. The van der Waals surface area contributed by atoms with Gasteiger partial charge in [-0.05, 0) is 30.6 Å². The number of carbonyl (C=O) groups is 2. The normalized spacial score (nSPS) is 27.3. The van der Waals surface area contributed by atoms with Gasteiger partial charge in [0.1, 0.15) is 0 Å². The zero-order chi connectivity index (χ0) is 14.4. The minimum absolute atomic E-state index is 0.0118. The maximum Gasteiger partial charge on any atom is 0.313 e. The van der Waals surface area contributed by atoms with Crippen LogP contribution in [-0.4, -0.2) is 34.5 Å². The number of amides is 1. The molecule has 0 radical (unpaired) electrons. The molecule has 0 saturated heterocycles. The number of nitrogens with one attached hydrogen (secondary N) is 1. The van der Waals surface area contributed by atoms with Gasteiger partial charge in [-0.1, -0.05) is 27.2 Å². The van der Waals surface area contributed by atoms with Crippen LogP contribution in [0.4, 0.5) is 0 Å². The number of carboxylic acids is 1. The van der Waals surface area contributed by atoms with Gasteiger partial charge in [-0.25, -0.2) is 0 Å². The van der Waals surface area contributed by atoms with Gasteiger partial charge in [0.2, 0.25) is 5.91 Å². The Morgan fingerprint density at radius 2 is 2.00 bits per heavy atom. The lowest BCUT2D eigenvalue weighted by molar-refractivity contribution is -0.133. The smallest absolute Gasteiger partial charge is 0.313 e. The number of thioether (sulfide) groups is 1. The van der Waals surface area contributed by atoms with Crippen LogP contribution < -0.4 is 5.32 Å². The van der Waals surface area contributed by atoms with Crippen molar-refractivity contribution in [3.8, 4) is 0 Å². The highest BCUT2D eigenvalue weighted by Gasteiger charge is 2.31. The molecule has 1 aliphatic rings. The maximum atomic E-state index is 11.8. The van der Waals surface area contributed by atoms with E-state index in [1.165, 1.54) is 12.8 Å². The summed E-state index contributed by atoms with van der Waals surface area (Å²) in [5.74, 6) is 1.10. The lowest BCUT2D eigenvalue weighted by atomic mass is 9.74. The van der Waals surface area contributed by atoms with E-state index in [4.69, 9.17) is 5.11 Å². The summed E-state index contributed by atoms with van der Waals surface area (Å²) in [4.78, 5) is 22.2. The minimum Gasteiger partial charge on any atom is -0.481 e. The zero-order valence-electron chi connectivity index (χ0n) is 12.0. The van der Waals surface area contributed by atoms with Crippen molar-refractivity contribution in [1.82, 2.24) is 5.32 Å². The Balaban J connectivity index is 2.42. The van der Waals surface area contributed by atoms with Crippen molar-refractivity contribution in [3.05, 3.63) is 0 Å². The first-order chi connectivity index (χ1) is 8.90. The number of carbonyl (C=O) groups excluding carboxylic acids is 1. The Labute approximate surface area is 119 Å². The van der Waals surface area contributed by atoms with Crippen LogP contribution in [0.15, 0.2) is 0 Å². The largest absolute Gasteiger partial charge is 0.481 e. The van der Waals surface area contributed by atoms with E-state index in [1.807, 2.05) is 0 Å². The molecule has 5 heteroatoms. The van der Waals surface area contributed by atoms with Crippen LogP contribution in [0.2, 0.25) is 0 Å². The van der Waals surface area contributed by atoms with E-state index in [-0.39, 0.29) is 23.5 Å². The van der Waals surface area contributed by atoms with E-state index in [9.17, 15) is 9.59 Å². The van der Waals surface area contributed by atoms with Gasteiger partial charge < -0.3 is 10.4 Å². The van der Waals surface area contributed by atoms with Gasteiger partial charge in [-0.2, -0.15) is 0 Å². The summed E-state index contributed by atoms with van der Waals surface area (Å²) in [5.41, 5.74) is 0. The van der Waals surface area contributed by atoms with Gasteiger partial charge in [0, 0.05) is 6.04 Å². The van der Waals surface area contributed by atoms with Crippen molar-refractivity contribution in [1.29, 1.82) is 0 Å². The molecular weight excluding hydrogens is 262 g/mol. The van der Waals surface area contributed by atoms with Gasteiger partial charge in [0.15, 0.2) is 0 Å². The van der Waals surface area contributed by atoms with Gasteiger partial charge in [0.05, 0.1) is 11.5 Å². The SMILES string of the molecule is CC1CCC(C(C)C)C(NC(=O)CSCC(=O)O)C1. The molecule has 1 aliphatic carbocycles. The summed E-state index contributed by atoms with van der Waals surface area (Å²) in [6.07, 6.45) is 3.45. The van der Waals surface area contributed by atoms with Crippen molar-refractivity contribution in [3.63, 3.8) is 0 Å². The monoisotopic (exact) mass is 287 g/mol. The fourth-order valence-corrected chi connectivity index (χ4v) is 3.39. The van der Waals surface area contributed by atoms with E-state index in [1.54, 1.807) is 0 Å². The number of hydrogen-bond donors (Lipinski definition) is 2. The van der Waals surface area contributed by atoms with Crippen molar-refractivity contribution in [2.45, 2.75) is 46.1 Å². The molecule has 1 saturated carbocycles. The van der Waals surface area contributed by atoms with E-state index in [2.05, 4.69) is 26.1 Å². The second-order valence-corrected chi connectivity index (χ2v) is 6.87. The average molecular weight is 287 g/mol. The molecule has 0 aromatic heterocycles. The van der Waals surface area contributed by atoms with Gasteiger partial charge in [0.25, 0.3) is 0 Å². The Morgan fingerprint density at radius 3 is 2.58 bits per heavy atom. The number of carboxylic acid groups (broad SMARTS) is 1. The van der Waals surface area contributed by atoms with E-state index in [0.717, 1.165) is 18.2 Å². The maximum absolute atomic E-state index is 11.8. The molecule has 1 fully saturated rings. The van der Waals surface area contributed by atoms with Crippen LogP contribution in [0.1, 0.15) is 40.0 Å². The molecule has 3 unspecified atom stereocenters. The molecule has 1 rings (SSSR count). The Kier molecular flexibility index (Phi) is 6.69.